The van der Waals surface area contributed by atoms with Crippen molar-refractivity contribution in [3.05, 3.63) is 24.3 Å². The molecule has 0 heterocycles. The largest absolute Gasteiger partial charge is 0.413 e. The van der Waals surface area contributed by atoms with E-state index in [0.717, 1.165) is 19.1 Å². The fraction of sp³-hybridized carbons (Fsp3) is 0.706. The number of hydrogen-bond donors (Lipinski definition) is 0. The zero-order valence-corrected chi connectivity index (χ0v) is 15.3. The molecule has 0 radical (unpaired) electrons. The van der Waals surface area contributed by atoms with Gasteiger partial charge in [0.1, 0.15) is 6.29 Å². The molecule has 116 valence electrons. The van der Waals surface area contributed by atoms with Gasteiger partial charge in [-0.3, -0.25) is 0 Å². The SMILES string of the molecule is C/C=C/C=C/CC[C@H](O[Si](C)(C)C(C)(C)C)[C@H](C)C=O. The number of carbonyl (C=O) groups excluding carboxylic acids is 1. The van der Waals surface area contributed by atoms with Gasteiger partial charge in [-0.05, 0) is 37.9 Å². The van der Waals surface area contributed by atoms with Crippen molar-refractivity contribution in [2.75, 3.05) is 0 Å². The number of rotatable bonds is 8. The normalized spacial score (nSPS) is 16.8. The second-order valence-electron chi connectivity index (χ2n) is 6.94. The highest BCUT2D eigenvalue weighted by Gasteiger charge is 2.39. The molecule has 2 nitrogen and oxygen atoms in total. The van der Waals surface area contributed by atoms with Crippen LogP contribution in [0.3, 0.4) is 0 Å². The van der Waals surface area contributed by atoms with Crippen molar-refractivity contribution in [2.45, 2.75) is 71.7 Å². The van der Waals surface area contributed by atoms with Crippen LogP contribution in [0.25, 0.3) is 0 Å². The Labute approximate surface area is 126 Å². The summed E-state index contributed by atoms with van der Waals surface area (Å²) in [4.78, 5) is 11.1. The summed E-state index contributed by atoms with van der Waals surface area (Å²) in [6.45, 7) is 15.1. The number of aldehydes is 1. The fourth-order valence-electron chi connectivity index (χ4n) is 1.62. The third kappa shape index (κ3) is 6.66. The highest BCUT2D eigenvalue weighted by atomic mass is 28.4. The van der Waals surface area contributed by atoms with Crippen molar-refractivity contribution in [2.24, 2.45) is 5.92 Å². The van der Waals surface area contributed by atoms with Gasteiger partial charge in [0.25, 0.3) is 0 Å². The maximum Gasteiger partial charge on any atom is 0.192 e. The minimum Gasteiger partial charge on any atom is -0.413 e. The van der Waals surface area contributed by atoms with E-state index in [1.165, 1.54) is 0 Å². The first-order chi connectivity index (χ1) is 9.15. The first-order valence-electron chi connectivity index (χ1n) is 7.56. The Hall–Kier alpha value is -0.673. The first-order valence-corrected chi connectivity index (χ1v) is 10.5. The molecule has 0 spiro atoms. The molecule has 0 fully saturated rings. The summed E-state index contributed by atoms with van der Waals surface area (Å²) < 4.78 is 6.42. The van der Waals surface area contributed by atoms with Crippen LogP contribution in [0.5, 0.6) is 0 Å². The average Bonchev–Trinajstić information content (AvgIpc) is 2.34. The summed E-state index contributed by atoms with van der Waals surface area (Å²) in [5.41, 5.74) is 0. The minimum atomic E-state index is -1.82. The van der Waals surface area contributed by atoms with Gasteiger partial charge in [-0.15, -0.1) is 0 Å². The Bertz CT molecular complexity index is 337. The Morgan fingerprint density at radius 3 is 2.25 bits per heavy atom. The molecule has 0 aliphatic rings. The van der Waals surface area contributed by atoms with Crippen LogP contribution in [0.1, 0.15) is 47.5 Å². The van der Waals surface area contributed by atoms with Crippen LogP contribution in [0.2, 0.25) is 18.1 Å². The highest BCUT2D eigenvalue weighted by Crippen LogP contribution is 2.38. The molecule has 0 N–H and O–H groups in total. The van der Waals surface area contributed by atoms with Gasteiger partial charge in [0.2, 0.25) is 0 Å². The van der Waals surface area contributed by atoms with Gasteiger partial charge >= 0.3 is 0 Å². The maximum atomic E-state index is 11.1. The van der Waals surface area contributed by atoms with Crippen LogP contribution >= 0.6 is 0 Å². The lowest BCUT2D eigenvalue weighted by Gasteiger charge is -2.40. The molecule has 0 saturated carbocycles. The summed E-state index contributed by atoms with van der Waals surface area (Å²) in [5.74, 6) is -0.0424. The lowest BCUT2D eigenvalue weighted by atomic mass is 10.0. The Morgan fingerprint density at radius 2 is 1.80 bits per heavy atom. The van der Waals surface area contributed by atoms with Crippen LogP contribution in [-0.2, 0) is 9.22 Å². The van der Waals surface area contributed by atoms with E-state index in [9.17, 15) is 4.79 Å². The molecule has 0 unspecified atom stereocenters. The standard InChI is InChI=1S/C17H32O2Si/c1-8-9-10-11-12-13-16(15(2)14-18)19-20(6,7)17(3,4)5/h8-11,14-16H,12-13H2,1-7H3/b9-8+,11-10+/t15-,16+/m1/s1. The summed E-state index contributed by atoms with van der Waals surface area (Å²) in [5, 5.41) is 0.175. The Balaban J connectivity index is 4.70. The van der Waals surface area contributed by atoms with Gasteiger partial charge in [0.05, 0.1) is 6.10 Å². The van der Waals surface area contributed by atoms with Crippen molar-refractivity contribution in [1.29, 1.82) is 0 Å². The summed E-state index contributed by atoms with van der Waals surface area (Å²) in [6, 6.07) is 0. The lowest BCUT2D eigenvalue weighted by molar-refractivity contribution is -0.113. The zero-order valence-electron chi connectivity index (χ0n) is 14.3. The van der Waals surface area contributed by atoms with E-state index in [4.69, 9.17) is 4.43 Å². The molecule has 0 bridgehead atoms. The third-order valence-electron chi connectivity index (χ3n) is 4.11. The maximum absolute atomic E-state index is 11.1. The van der Waals surface area contributed by atoms with E-state index in [-0.39, 0.29) is 17.1 Å². The average molecular weight is 297 g/mol. The summed E-state index contributed by atoms with van der Waals surface area (Å²) >= 11 is 0. The van der Waals surface area contributed by atoms with Crippen molar-refractivity contribution in [3.8, 4) is 0 Å². The molecule has 0 rings (SSSR count). The molecule has 0 aliphatic carbocycles. The number of allylic oxidation sites excluding steroid dienone is 4. The van der Waals surface area contributed by atoms with Gasteiger partial charge in [-0.2, -0.15) is 0 Å². The summed E-state index contributed by atoms with van der Waals surface area (Å²) in [6.07, 6.45) is 11.1. The van der Waals surface area contributed by atoms with Crippen molar-refractivity contribution < 1.29 is 9.22 Å². The van der Waals surface area contributed by atoms with Gasteiger partial charge in [-0.25, -0.2) is 0 Å². The molecule has 0 aromatic heterocycles. The van der Waals surface area contributed by atoms with Crippen LogP contribution in [0, 0.1) is 5.92 Å². The van der Waals surface area contributed by atoms with E-state index in [1.807, 2.05) is 26.0 Å². The number of carbonyl (C=O) groups is 1. The van der Waals surface area contributed by atoms with E-state index >= 15 is 0 Å². The smallest absolute Gasteiger partial charge is 0.192 e. The molecule has 3 heteroatoms. The van der Waals surface area contributed by atoms with E-state index < -0.39 is 8.32 Å². The topological polar surface area (TPSA) is 26.3 Å². The van der Waals surface area contributed by atoms with Crippen molar-refractivity contribution in [3.63, 3.8) is 0 Å². The second-order valence-corrected chi connectivity index (χ2v) is 11.7. The Kier molecular flexibility index (Phi) is 8.29. The van der Waals surface area contributed by atoms with Crippen molar-refractivity contribution >= 4 is 14.6 Å². The monoisotopic (exact) mass is 296 g/mol. The minimum absolute atomic E-state index is 0.0312. The fourth-order valence-corrected chi connectivity index (χ4v) is 3.06. The number of hydrogen-bond acceptors (Lipinski definition) is 2. The quantitative estimate of drug-likeness (QED) is 0.353. The van der Waals surface area contributed by atoms with Crippen LogP contribution in [-0.4, -0.2) is 20.7 Å². The van der Waals surface area contributed by atoms with Crippen LogP contribution < -0.4 is 0 Å². The van der Waals surface area contributed by atoms with E-state index in [1.54, 1.807) is 0 Å². The molecule has 2 atom stereocenters. The molecular weight excluding hydrogens is 264 g/mol. The van der Waals surface area contributed by atoms with Crippen molar-refractivity contribution in [1.82, 2.24) is 0 Å². The molecule has 0 amide bonds. The predicted octanol–water partition coefficient (Wildman–Crippen LogP) is 5.12. The third-order valence-corrected chi connectivity index (χ3v) is 8.62. The predicted molar refractivity (Wildman–Crippen MR) is 90.5 cm³/mol. The van der Waals surface area contributed by atoms with Gasteiger partial charge in [0, 0.05) is 5.92 Å². The highest BCUT2D eigenvalue weighted by molar-refractivity contribution is 6.74. The van der Waals surface area contributed by atoms with Gasteiger partial charge in [0.15, 0.2) is 8.32 Å². The van der Waals surface area contributed by atoms with Crippen LogP contribution in [0.15, 0.2) is 24.3 Å². The van der Waals surface area contributed by atoms with Gasteiger partial charge < -0.3 is 9.22 Å². The molecule has 0 aromatic carbocycles. The molecule has 0 aromatic rings. The van der Waals surface area contributed by atoms with Gasteiger partial charge in [-0.1, -0.05) is 52.0 Å². The zero-order chi connectivity index (χ0) is 15.8. The molecule has 20 heavy (non-hydrogen) atoms. The first kappa shape index (κ1) is 19.3. The van der Waals surface area contributed by atoms with Crippen LogP contribution in [0.4, 0.5) is 0 Å². The second kappa shape index (κ2) is 8.58. The van der Waals surface area contributed by atoms with E-state index in [2.05, 4.69) is 46.0 Å². The Morgan fingerprint density at radius 1 is 1.20 bits per heavy atom. The molecule has 0 saturated heterocycles. The van der Waals surface area contributed by atoms with E-state index in [0.29, 0.717) is 0 Å². The molecule has 0 aliphatic heterocycles. The summed E-state index contributed by atoms with van der Waals surface area (Å²) in [7, 11) is -1.82. The lowest BCUT2D eigenvalue weighted by Crippen LogP contribution is -2.45. The molecular formula is C17H32O2Si.